The molecule has 0 amide bonds. The number of methoxy groups -OCH3 is 4. The van der Waals surface area contributed by atoms with E-state index in [9.17, 15) is 0 Å². The van der Waals surface area contributed by atoms with Crippen LogP contribution in [0.3, 0.4) is 0 Å². The van der Waals surface area contributed by atoms with Crippen molar-refractivity contribution >= 4 is 38.4 Å². The topological polar surface area (TPSA) is 90.5 Å². The van der Waals surface area contributed by atoms with Gasteiger partial charge >= 0.3 is 0 Å². The maximum atomic E-state index is 6.34. The first-order chi connectivity index (χ1) is 25.4. The normalized spacial score (nSPS) is 12.5. The molecule has 0 aliphatic carbocycles. The van der Waals surface area contributed by atoms with Crippen LogP contribution in [-0.4, -0.2) is 54.8 Å². The third-order valence-corrected chi connectivity index (χ3v) is 10.0. The van der Waals surface area contributed by atoms with Crippen LogP contribution in [0.4, 0.5) is 0 Å². The lowest BCUT2D eigenvalue weighted by Gasteiger charge is -2.19. The van der Waals surface area contributed by atoms with E-state index >= 15 is 0 Å². The fraction of sp³-hybridized carbons (Fsp3) is 0.238. The van der Waals surface area contributed by atoms with Crippen LogP contribution in [0.1, 0.15) is 35.0 Å². The molecule has 1 aliphatic heterocycles. The number of ether oxygens (including phenoxy) is 4. The fourth-order valence-corrected chi connectivity index (χ4v) is 7.57. The highest BCUT2D eigenvalue weighted by Gasteiger charge is 2.25. The van der Waals surface area contributed by atoms with E-state index in [4.69, 9.17) is 33.7 Å². The molecule has 7 aromatic rings. The third-order valence-electron chi connectivity index (χ3n) is 10.0. The first-order valence-electron chi connectivity index (χ1n) is 17.2. The molecule has 8 rings (SSSR count). The molecule has 0 spiro atoms. The van der Waals surface area contributed by atoms with Crippen molar-refractivity contribution in [2.24, 2.45) is 4.99 Å². The summed E-state index contributed by atoms with van der Waals surface area (Å²) in [4.78, 5) is 22.1. The minimum atomic E-state index is 0.455. The van der Waals surface area contributed by atoms with Crippen LogP contribution >= 0.6 is 0 Å². The van der Waals surface area contributed by atoms with Crippen molar-refractivity contribution in [2.45, 2.75) is 33.4 Å². The highest BCUT2D eigenvalue weighted by molar-refractivity contribution is 6.09. The van der Waals surface area contributed by atoms with Gasteiger partial charge in [-0.1, -0.05) is 24.3 Å². The van der Waals surface area contributed by atoms with Gasteiger partial charge in [0.05, 0.1) is 75.2 Å². The fourth-order valence-electron chi connectivity index (χ4n) is 7.57. The molecule has 0 saturated carbocycles. The van der Waals surface area contributed by atoms with Crippen molar-refractivity contribution in [1.29, 1.82) is 0 Å². The highest BCUT2D eigenvalue weighted by Crippen LogP contribution is 2.40. The molecule has 52 heavy (non-hydrogen) atoms. The van der Waals surface area contributed by atoms with Gasteiger partial charge in [0, 0.05) is 52.2 Å². The molecular formula is C42H40N4O6. The van der Waals surface area contributed by atoms with Crippen LogP contribution in [0, 0.1) is 6.92 Å². The molecule has 0 bridgehead atoms. The van der Waals surface area contributed by atoms with Crippen molar-refractivity contribution in [1.82, 2.24) is 14.1 Å². The summed E-state index contributed by atoms with van der Waals surface area (Å²) in [5.74, 6) is 3.56. The number of aryl methyl sites for hydroxylation is 1. The zero-order valence-electron chi connectivity index (χ0n) is 30.1. The van der Waals surface area contributed by atoms with Gasteiger partial charge in [0.15, 0.2) is 11.5 Å². The Morgan fingerprint density at radius 2 is 1.23 bits per heavy atom. The molecule has 0 N–H and O–H groups in total. The SMILES string of the molecule is COc1ccc2c3c(n(Cc4cccc(OC)c4OOc4c(Cn5c6cc(OC)ccc6c6ccnc(C)c65)cccc4OC)c2c1)C(C)=NCC3. The number of pyridine rings is 1. The number of hydrogen-bond acceptors (Lipinski definition) is 8. The minimum absolute atomic E-state index is 0.455. The quantitative estimate of drug-likeness (QED) is 0.0993. The summed E-state index contributed by atoms with van der Waals surface area (Å²) in [6, 6.07) is 26.1. The minimum Gasteiger partial charge on any atom is -0.497 e. The van der Waals surface area contributed by atoms with Gasteiger partial charge in [-0.25, -0.2) is 0 Å². The van der Waals surface area contributed by atoms with Gasteiger partial charge in [-0.2, -0.15) is 0 Å². The van der Waals surface area contributed by atoms with Crippen molar-refractivity contribution in [3.63, 3.8) is 0 Å². The molecule has 3 aromatic heterocycles. The Bertz CT molecular complexity index is 2510. The number of benzene rings is 4. The zero-order chi connectivity index (χ0) is 35.9. The lowest BCUT2D eigenvalue weighted by molar-refractivity contribution is -0.105. The molecule has 0 unspecified atom stereocenters. The Kier molecular flexibility index (Phi) is 8.58. The standard InChI is InChI=1S/C42H40N4O6/c1-25-39-33(17-19-43-25)31-15-13-29(47-3)21-35(31)45(39)23-27-9-7-11-37(49-5)41(27)51-52-42-28(10-8-12-38(42)50-6)24-46-36-22-30(48-4)14-16-32(36)34-18-20-44-26(2)40(34)46/h7-17,19,21-22H,18,20,23-24H2,1-6H3. The summed E-state index contributed by atoms with van der Waals surface area (Å²) >= 11 is 0. The van der Waals surface area contributed by atoms with E-state index in [0.717, 1.165) is 80.0 Å². The van der Waals surface area contributed by atoms with Crippen molar-refractivity contribution in [2.75, 3.05) is 35.0 Å². The molecular weight excluding hydrogens is 656 g/mol. The van der Waals surface area contributed by atoms with Gasteiger partial charge in [-0.05, 0) is 68.3 Å². The van der Waals surface area contributed by atoms with Crippen LogP contribution in [0.2, 0.25) is 0 Å². The first-order valence-corrected chi connectivity index (χ1v) is 17.2. The summed E-state index contributed by atoms with van der Waals surface area (Å²) in [5, 5.41) is 3.42. The third kappa shape index (κ3) is 5.51. The average Bonchev–Trinajstić information content (AvgIpc) is 3.66. The Balaban J connectivity index is 1.20. The number of nitrogens with zero attached hydrogens (tertiary/aromatic N) is 4. The number of aromatic nitrogens is 3. The van der Waals surface area contributed by atoms with E-state index in [1.54, 1.807) is 28.4 Å². The van der Waals surface area contributed by atoms with Gasteiger partial charge < -0.3 is 28.1 Å². The lowest BCUT2D eigenvalue weighted by Crippen LogP contribution is -2.16. The van der Waals surface area contributed by atoms with E-state index in [2.05, 4.69) is 51.4 Å². The Morgan fingerprint density at radius 1 is 0.635 bits per heavy atom. The van der Waals surface area contributed by atoms with Crippen molar-refractivity contribution < 1.29 is 28.7 Å². The highest BCUT2D eigenvalue weighted by atomic mass is 17.2. The van der Waals surface area contributed by atoms with E-state index in [-0.39, 0.29) is 0 Å². The first kappa shape index (κ1) is 33.0. The molecule has 4 aromatic carbocycles. The summed E-state index contributed by atoms with van der Waals surface area (Å²) in [5.41, 5.74) is 9.17. The maximum Gasteiger partial charge on any atom is 0.225 e. The van der Waals surface area contributed by atoms with Gasteiger partial charge in [0.2, 0.25) is 11.5 Å². The van der Waals surface area contributed by atoms with Crippen LogP contribution < -0.4 is 28.7 Å². The van der Waals surface area contributed by atoms with Gasteiger partial charge in [0.25, 0.3) is 0 Å². The smallest absolute Gasteiger partial charge is 0.225 e. The second kappa shape index (κ2) is 13.5. The molecule has 4 heterocycles. The Labute approximate surface area is 301 Å². The van der Waals surface area contributed by atoms with Crippen molar-refractivity contribution in [3.8, 4) is 34.5 Å². The molecule has 10 heteroatoms. The Morgan fingerprint density at radius 3 is 1.85 bits per heavy atom. The molecule has 0 fully saturated rings. The number of hydrogen-bond donors (Lipinski definition) is 0. The number of fused-ring (bicyclic) bond motifs is 6. The number of para-hydroxylation sites is 2. The van der Waals surface area contributed by atoms with Crippen LogP contribution in [-0.2, 0) is 19.5 Å². The summed E-state index contributed by atoms with van der Waals surface area (Å²) in [6.45, 7) is 5.81. The monoisotopic (exact) mass is 696 g/mol. The van der Waals surface area contributed by atoms with Crippen LogP contribution in [0.25, 0.3) is 32.7 Å². The van der Waals surface area contributed by atoms with E-state index in [1.807, 2.05) is 61.7 Å². The molecule has 0 radical (unpaired) electrons. The Hall–Kier alpha value is -6.16. The van der Waals surface area contributed by atoms with E-state index in [0.29, 0.717) is 36.1 Å². The predicted molar refractivity (Wildman–Crippen MR) is 203 cm³/mol. The second-order valence-electron chi connectivity index (χ2n) is 12.8. The molecule has 0 saturated heterocycles. The van der Waals surface area contributed by atoms with E-state index in [1.165, 1.54) is 10.9 Å². The predicted octanol–water partition coefficient (Wildman–Crippen LogP) is 8.32. The van der Waals surface area contributed by atoms with Gasteiger partial charge in [0.1, 0.15) is 11.5 Å². The molecule has 1 aliphatic rings. The molecule has 264 valence electrons. The zero-order valence-corrected chi connectivity index (χ0v) is 30.1. The summed E-state index contributed by atoms with van der Waals surface area (Å²) in [6.07, 6.45) is 2.72. The lowest BCUT2D eigenvalue weighted by atomic mass is 10.0. The number of rotatable bonds is 11. The summed E-state index contributed by atoms with van der Waals surface area (Å²) < 4.78 is 27.5. The van der Waals surface area contributed by atoms with Gasteiger partial charge in [-0.3, -0.25) is 19.8 Å². The average molecular weight is 697 g/mol. The van der Waals surface area contributed by atoms with Crippen LogP contribution in [0.15, 0.2) is 90.1 Å². The largest absolute Gasteiger partial charge is 0.497 e. The number of aliphatic imine (C=N–C) groups is 1. The van der Waals surface area contributed by atoms with Gasteiger partial charge in [-0.15, -0.1) is 0 Å². The van der Waals surface area contributed by atoms with Crippen LogP contribution in [0.5, 0.6) is 34.5 Å². The molecule has 10 nitrogen and oxygen atoms in total. The van der Waals surface area contributed by atoms with E-state index < -0.39 is 0 Å². The van der Waals surface area contributed by atoms with Crippen molar-refractivity contribution in [3.05, 3.63) is 113 Å². The summed E-state index contributed by atoms with van der Waals surface area (Å²) in [7, 11) is 6.62. The maximum absolute atomic E-state index is 6.34. The molecule has 0 atom stereocenters. The second-order valence-corrected chi connectivity index (χ2v) is 12.8.